The third kappa shape index (κ3) is 4.54. The maximum Gasteiger partial charge on any atom is 0.251 e. The average Bonchev–Trinajstić information content (AvgIpc) is 3.64. The number of aromatic nitrogens is 3. The van der Waals surface area contributed by atoms with E-state index in [-0.39, 0.29) is 24.5 Å². The number of carbonyl (C=O) groups is 2. The largest absolute Gasteiger partial charge is 0.467 e. The highest BCUT2D eigenvalue weighted by Crippen LogP contribution is 2.31. The maximum atomic E-state index is 15.0. The van der Waals surface area contributed by atoms with E-state index in [2.05, 4.69) is 15.6 Å². The normalized spacial score (nSPS) is 11.9. The zero-order valence-electron chi connectivity index (χ0n) is 18.4. The minimum atomic E-state index is -1.29. The molecule has 9 nitrogen and oxygen atoms in total. The van der Waals surface area contributed by atoms with Crippen molar-refractivity contribution in [2.75, 3.05) is 4.90 Å². The number of halogens is 1. The summed E-state index contributed by atoms with van der Waals surface area (Å²) in [5, 5.41) is 10.9. The van der Waals surface area contributed by atoms with E-state index in [1.165, 1.54) is 35.4 Å². The van der Waals surface area contributed by atoms with Gasteiger partial charge >= 0.3 is 0 Å². The second-order valence-electron chi connectivity index (χ2n) is 7.67. The summed E-state index contributed by atoms with van der Waals surface area (Å²) in [5.74, 6) is -1.13. The summed E-state index contributed by atoms with van der Waals surface area (Å²) >= 11 is 0. The molecule has 1 unspecified atom stereocenters. The van der Waals surface area contributed by atoms with E-state index in [4.69, 9.17) is 8.83 Å². The van der Waals surface area contributed by atoms with Crippen molar-refractivity contribution in [2.24, 2.45) is 0 Å². The molecule has 3 heterocycles. The molecule has 2 amide bonds. The third-order valence-corrected chi connectivity index (χ3v) is 5.42. The summed E-state index contributed by atoms with van der Waals surface area (Å²) in [6, 6.07) is 18.2. The highest BCUT2D eigenvalue weighted by atomic mass is 19.1. The Morgan fingerprint density at radius 2 is 1.74 bits per heavy atom. The molecule has 0 aliphatic heterocycles. The summed E-state index contributed by atoms with van der Waals surface area (Å²) in [4.78, 5) is 28.2. The Hall–Kier alpha value is -4.73. The number of furan rings is 2. The van der Waals surface area contributed by atoms with Gasteiger partial charge in [0, 0.05) is 0 Å². The number of amides is 2. The highest BCUT2D eigenvalue weighted by molar-refractivity contribution is 6.01. The van der Waals surface area contributed by atoms with Crippen LogP contribution in [0.15, 0.2) is 94.2 Å². The molecule has 5 aromatic rings. The Morgan fingerprint density at radius 3 is 2.51 bits per heavy atom. The van der Waals surface area contributed by atoms with Crippen molar-refractivity contribution in [3.05, 3.63) is 103 Å². The van der Waals surface area contributed by atoms with E-state index < -0.39 is 23.7 Å². The van der Waals surface area contributed by atoms with Crippen molar-refractivity contribution in [3.8, 4) is 0 Å². The summed E-state index contributed by atoms with van der Waals surface area (Å²) in [5.41, 5.74) is 1.17. The molecule has 0 fully saturated rings. The molecular weight excluding hydrogens is 453 g/mol. The molecule has 176 valence electrons. The first-order valence-electron chi connectivity index (χ1n) is 10.8. The predicted octanol–water partition coefficient (Wildman–Crippen LogP) is 3.85. The molecule has 0 bridgehead atoms. The Labute approximate surface area is 198 Å². The number of hydrogen-bond donors (Lipinski definition) is 1. The van der Waals surface area contributed by atoms with Crippen LogP contribution in [0.2, 0.25) is 0 Å². The molecule has 10 heteroatoms. The van der Waals surface area contributed by atoms with Crippen LogP contribution in [-0.4, -0.2) is 26.8 Å². The first kappa shape index (κ1) is 22.1. The van der Waals surface area contributed by atoms with Gasteiger partial charge < -0.3 is 14.2 Å². The van der Waals surface area contributed by atoms with Crippen molar-refractivity contribution >= 4 is 28.5 Å². The van der Waals surface area contributed by atoms with Gasteiger partial charge in [-0.15, -0.1) is 5.10 Å². The van der Waals surface area contributed by atoms with Gasteiger partial charge in [-0.3, -0.25) is 14.5 Å². The lowest BCUT2D eigenvalue weighted by atomic mass is 10.1. The number of anilines is 1. The van der Waals surface area contributed by atoms with Crippen LogP contribution in [0.1, 0.15) is 17.6 Å². The molecule has 35 heavy (non-hydrogen) atoms. The number of hydrogen-bond acceptors (Lipinski definition) is 6. The van der Waals surface area contributed by atoms with Crippen molar-refractivity contribution in [1.29, 1.82) is 0 Å². The first-order valence-corrected chi connectivity index (χ1v) is 10.8. The average molecular weight is 473 g/mol. The Kier molecular flexibility index (Phi) is 6.08. The van der Waals surface area contributed by atoms with Gasteiger partial charge in [0.1, 0.15) is 29.4 Å². The summed E-state index contributed by atoms with van der Waals surface area (Å²) in [7, 11) is 0. The van der Waals surface area contributed by atoms with Gasteiger partial charge in [-0.2, -0.15) is 0 Å². The van der Waals surface area contributed by atoms with Crippen molar-refractivity contribution in [3.63, 3.8) is 0 Å². The van der Waals surface area contributed by atoms with Crippen LogP contribution in [0.3, 0.4) is 0 Å². The lowest BCUT2D eigenvalue weighted by Crippen LogP contribution is -2.45. The standard InChI is InChI=1S/C25H20FN5O4/c26-18-8-1-3-10-20(18)31(23(32)16-30-21-11-4-2-9-19(21)28-29-30)24(22-12-6-14-35-22)25(33)27-15-17-7-5-13-34-17/h1-14,24H,15-16H2,(H,27,33). The van der Waals surface area contributed by atoms with E-state index in [0.717, 1.165) is 4.90 Å². The molecule has 3 aromatic heterocycles. The Balaban J connectivity index is 1.53. The summed E-state index contributed by atoms with van der Waals surface area (Å²) < 4.78 is 27.2. The van der Waals surface area contributed by atoms with E-state index in [9.17, 15) is 9.59 Å². The molecule has 0 radical (unpaired) electrons. The third-order valence-electron chi connectivity index (χ3n) is 5.42. The minimum absolute atomic E-state index is 0.0727. The lowest BCUT2D eigenvalue weighted by Gasteiger charge is -2.30. The van der Waals surface area contributed by atoms with Gasteiger partial charge in [0.05, 0.1) is 30.3 Å². The van der Waals surface area contributed by atoms with E-state index in [0.29, 0.717) is 16.8 Å². The number of benzene rings is 2. The maximum absolute atomic E-state index is 15.0. The highest BCUT2D eigenvalue weighted by Gasteiger charge is 2.36. The van der Waals surface area contributed by atoms with Gasteiger partial charge in [0.15, 0.2) is 6.04 Å². The molecule has 0 saturated carbocycles. The monoisotopic (exact) mass is 473 g/mol. The van der Waals surface area contributed by atoms with E-state index >= 15 is 4.39 Å². The number of rotatable bonds is 8. The molecule has 0 aliphatic rings. The van der Waals surface area contributed by atoms with E-state index in [1.54, 1.807) is 48.5 Å². The Bertz CT molecular complexity index is 1450. The fourth-order valence-corrected chi connectivity index (χ4v) is 3.81. The number of carbonyl (C=O) groups excluding carboxylic acids is 2. The fourth-order valence-electron chi connectivity index (χ4n) is 3.81. The molecule has 1 N–H and O–H groups in total. The van der Waals surface area contributed by atoms with Crippen LogP contribution >= 0.6 is 0 Å². The van der Waals surface area contributed by atoms with Gasteiger partial charge in [-0.1, -0.05) is 29.5 Å². The second kappa shape index (κ2) is 9.64. The molecular formula is C25H20FN5O4. The van der Waals surface area contributed by atoms with Crippen molar-refractivity contribution in [1.82, 2.24) is 20.3 Å². The molecule has 0 spiro atoms. The Morgan fingerprint density at radius 1 is 0.971 bits per heavy atom. The van der Waals surface area contributed by atoms with Crippen LogP contribution in [0.25, 0.3) is 11.0 Å². The van der Waals surface area contributed by atoms with Crippen LogP contribution in [0, 0.1) is 5.82 Å². The number of nitrogens with one attached hydrogen (secondary N) is 1. The van der Waals surface area contributed by atoms with Gasteiger partial charge in [0.2, 0.25) is 5.91 Å². The molecule has 0 saturated heterocycles. The zero-order chi connectivity index (χ0) is 24.2. The number of para-hydroxylation sites is 2. The van der Waals surface area contributed by atoms with Crippen molar-refractivity contribution < 1.29 is 22.8 Å². The molecule has 5 rings (SSSR count). The SMILES string of the molecule is O=C(NCc1ccco1)C(c1ccco1)N(C(=O)Cn1nnc2ccccc21)c1ccccc1F. The minimum Gasteiger partial charge on any atom is -0.467 e. The lowest BCUT2D eigenvalue weighted by molar-refractivity contribution is -0.127. The number of nitrogens with zero attached hydrogens (tertiary/aromatic N) is 4. The van der Waals surface area contributed by atoms with Crippen LogP contribution in [0.5, 0.6) is 0 Å². The summed E-state index contributed by atoms with van der Waals surface area (Å²) in [6.45, 7) is -0.201. The van der Waals surface area contributed by atoms with Crippen LogP contribution in [-0.2, 0) is 22.7 Å². The zero-order valence-corrected chi connectivity index (χ0v) is 18.4. The topological polar surface area (TPSA) is 106 Å². The van der Waals surface area contributed by atoms with Crippen LogP contribution < -0.4 is 10.2 Å². The molecule has 1 atom stereocenters. The van der Waals surface area contributed by atoms with Crippen molar-refractivity contribution in [2.45, 2.75) is 19.1 Å². The quantitative estimate of drug-likeness (QED) is 0.367. The first-order chi connectivity index (χ1) is 17.1. The fraction of sp³-hybridized carbons (Fsp3) is 0.120. The molecule has 2 aromatic carbocycles. The predicted molar refractivity (Wildman–Crippen MR) is 123 cm³/mol. The van der Waals surface area contributed by atoms with Gasteiger partial charge in [-0.25, -0.2) is 9.07 Å². The van der Waals surface area contributed by atoms with E-state index in [1.807, 2.05) is 6.07 Å². The second-order valence-corrected chi connectivity index (χ2v) is 7.67. The molecule has 0 aliphatic carbocycles. The van der Waals surface area contributed by atoms with Gasteiger partial charge in [-0.05, 0) is 48.5 Å². The van der Waals surface area contributed by atoms with Crippen LogP contribution in [0.4, 0.5) is 10.1 Å². The van der Waals surface area contributed by atoms with Gasteiger partial charge in [0.25, 0.3) is 5.91 Å². The number of fused-ring (bicyclic) bond motifs is 1. The summed E-state index contributed by atoms with van der Waals surface area (Å²) in [6.07, 6.45) is 2.88. The smallest absolute Gasteiger partial charge is 0.251 e.